The number of amides is 1. The average molecular weight is 490 g/mol. The standard InChI is InChI=1S/C26H26Cl2FNO3/c1-24(2)8-10-25(11-9-24)13-16(22(31)32)20(15-4-3-5-18(28)21(15)29)26(25)17-7-6-14(27)12-19(17)30-23(26)33/h3-7,12,16,20H,8-11,13H2,1-2H3,(H,30,33)(H,31,32)/t16-,20+,26-/m1/s1. The summed E-state index contributed by atoms with van der Waals surface area (Å²) >= 11 is 12.4. The van der Waals surface area contributed by atoms with Crippen LogP contribution < -0.4 is 5.32 Å². The normalized spacial score (nSPS) is 29.3. The average Bonchev–Trinajstić information content (AvgIpc) is 3.20. The van der Waals surface area contributed by atoms with Crippen LogP contribution in [0.1, 0.15) is 63.0 Å². The Hall–Kier alpha value is -2.11. The number of benzene rings is 2. The van der Waals surface area contributed by atoms with Crippen LogP contribution in [0.3, 0.4) is 0 Å². The molecule has 5 rings (SSSR count). The van der Waals surface area contributed by atoms with Gasteiger partial charge in [0.25, 0.3) is 0 Å². The number of carboxylic acids is 1. The number of halogens is 3. The molecule has 0 saturated heterocycles. The van der Waals surface area contributed by atoms with Crippen LogP contribution in [0, 0.1) is 22.6 Å². The molecular formula is C26H26Cl2FNO3. The number of nitrogens with one attached hydrogen (secondary N) is 1. The van der Waals surface area contributed by atoms with Crippen molar-refractivity contribution in [2.24, 2.45) is 16.7 Å². The first-order valence-corrected chi connectivity index (χ1v) is 12.1. The lowest BCUT2D eigenvalue weighted by Gasteiger charge is -2.50. The summed E-state index contributed by atoms with van der Waals surface area (Å²) in [6, 6.07) is 9.89. The van der Waals surface area contributed by atoms with Crippen molar-refractivity contribution in [1.82, 2.24) is 0 Å². The van der Waals surface area contributed by atoms with E-state index in [1.54, 1.807) is 24.3 Å². The maximum absolute atomic E-state index is 15.5. The Balaban J connectivity index is 1.83. The van der Waals surface area contributed by atoms with Crippen molar-refractivity contribution < 1.29 is 19.1 Å². The molecule has 2 spiro atoms. The number of carbonyl (C=O) groups is 2. The molecule has 0 bridgehead atoms. The minimum absolute atomic E-state index is 0.0766. The number of carboxylic acid groups (broad SMARTS) is 1. The Morgan fingerprint density at radius 3 is 2.48 bits per heavy atom. The van der Waals surface area contributed by atoms with E-state index in [2.05, 4.69) is 19.2 Å². The SMILES string of the molecule is CC1(C)CCC2(CC1)C[C@@H](C(=O)O)[C@H](c1cccc(Cl)c1F)[C@]21C(=O)Nc2cc(Cl)ccc21. The van der Waals surface area contributed by atoms with Crippen LogP contribution in [-0.2, 0) is 15.0 Å². The lowest BCUT2D eigenvalue weighted by molar-refractivity contribution is -0.142. The van der Waals surface area contributed by atoms with Gasteiger partial charge in [0.1, 0.15) is 5.82 Å². The monoisotopic (exact) mass is 489 g/mol. The van der Waals surface area contributed by atoms with Crippen LogP contribution in [0.15, 0.2) is 36.4 Å². The second-order valence-corrected chi connectivity index (χ2v) is 11.5. The van der Waals surface area contributed by atoms with E-state index in [4.69, 9.17) is 23.2 Å². The zero-order chi connectivity index (χ0) is 23.8. The number of carbonyl (C=O) groups excluding carboxylic acids is 1. The van der Waals surface area contributed by atoms with Crippen molar-refractivity contribution >= 4 is 40.8 Å². The van der Waals surface area contributed by atoms with E-state index in [-0.39, 0.29) is 21.9 Å². The van der Waals surface area contributed by atoms with Gasteiger partial charge in [-0.15, -0.1) is 0 Å². The van der Waals surface area contributed by atoms with Gasteiger partial charge in [-0.3, -0.25) is 9.59 Å². The summed E-state index contributed by atoms with van der Waals surface area (Å²) in [6.07, 6.45) is 3.42. The lowest BCUT2D eigenvalue weighted by atomic mass is 9.51. The second-order valence-electron chi connectivity index (χ2n) is 10.7. The van der Waals surface area contributed by atoms with Crippen molar-refractivity contribution in [2.45, 2.75) is 57.3 Å². The number of rotatable bonds is 2. The quantitative estimate of drug-likeness (QED) is 0.487. The minimum atomic E-state index is -1.22. The highest BCUT2D eigenvalue weighted by Crippen LogP contribution is 2.72. The van der Waals surface area contributed by atoms with E-state index in [0.717, 1.165) is 12.8 Å². The number of anilines is 1. The molecule has 0 aromatic heterocycles. The highest BCUT2D eigenvalue weighted by Gasteiger charge is 2.72. The minimum Gasteiger partial charge on any atom is -0.481 e. The Labute approximate surface area is 202 Å². The van der Waals surface area contributed by atoms with Gasteiger partial charge in [0.05, 0.1) is 16.4 Å². The van der Waals surface area contributed by atoms with Gasteiger partial charge in [-0.2, -0.15) is 0 Å². The Morgan fingerprint density at radius 2 is 1.82 bits per heavy atom. The summed E-state index contributed by atoms with van der Waals surface area (Å²) in [4.78, 5) is 26.7. The van der Waals surface area contributed by atoms with Gasteiger partial charge in [-0.1, -0.05) is 55.2 Å². The smallest absolute Gasteiger partial charge is 0.307 e. The molecular weight excluding hydrogens is 464 g/mol. The number of hydrogen-bond acceptors (Lipinski definition) is 2. The Morgan fingerprint density at radius 1 is 1.12 bits per heavy atom. The molecule has 0 radical (unpaired) electrons. The highest BCUT2D eigenvalue weighted by molar-refractivity contribution is 6.31. The number of fused-ring (bicyclic) bond motifs is 3. The maximum Gasteiger partial charge on any atom is 0.307 e. The van der Waals surface area contributed by atoms with Gasteiger partial charge in [-0.05, 0) is 72.3 Å². The molecule has 174 valence electrons. The number of hydrogen-bond donors (Lipinski definition) is 2. The van der Waals surface area contributed by atoms with Crippen LogP contribution in [0.25, 0.3) is 0 Å². The highest BCUT2D eigenvalue weighted by atomic mass is 35.5. The van der Waals surface area contributed by atoms with Crippen molar-refractivity contribution in [3.05, 3.63) is 63.4 Å². The van der Waals surface area contributed by atoms with Crippen molar-refractivity contribution in [1.29, 1.82) is 0 Å². The Kier molecular flexibility index (Phi) is 5.11. The van der Waals surface area contributed by atoms with Crippen LogP contribution in [0.4, 0.5) is 10.1 Å². The van der Waals surface area contributed by atoms with E-state index in [0.29, 0.717) is 35.5 Å². The molecule has 3 atom stereocenters. The molecule has 2 N–H and O–H groups in total. The molecule has 0 unspecified atom stereocenters. The van der Waals surface area contributed by atoms with Crippen LogP contribution >= 0.6 is 23.2 Å². The third kappa shape index (κ3) is 3.08. The van der Waals surface area contributed by atoms with Gasteiger partial charge >= 0.3 is 5.97 Å². The van der Waals surface area contributed by atoms with E-state index in [9.17, 15) is 14.7 Å². The summed E-state index contributed by atoms with van der Waals surface area (Å²) in [6.45, 7) is 4.40. The molecule has 33 heavy (non-hydrogen) atoms. The predicted molar refractivity (Wildman–Crippen MR) is 126 cm³/mol. The van der Waals surface area contributed by atoms with E-state index >= 15 is 4.39 Å². The van der Waals surface area contributed by atoms with Gasteiger partial charge < -0.3 is 10.4 Å². The third-order valence-electron chi connectivity index (χ3n) is 8.52. The molecule has 2 aliphatic carbocycles. The molecule has 2 aromatic carbocycles. The van der Waals surface area contributed by atoms with Crippen LogP contribution in [0.5, 0.6) is 0 Å². The van der Waals surface area contributed by atoms with Crippen molar-refractivity contribution in [2.75, 3.05) is 5.32 Å². The van der Waals surface area contributed by atoms with Crippen molar-refractivity contribution in [3.63, 3.8) is 0 Å². The second kappa shape index (κ2) is 7.44. The summed E-state index contributed by atoms with van der Waals surface area (Å²) in [7, 11) is 0. The van der Waals surface area contributed by atoms with Crippen LogP contribution in [-0.4, -0.2) is 17.0 Å². The fourth-order valence-corrected chi connectivity index (χ4v) is 7.27. The molecule has 2 fully saturated rings. The molecule has 7 heteroatoms. The van der Waals surface area contributed by atoms with Gasteiger partial charge in [-0.25, -0.2) is 4.39 Å². The molecule has 3 aliphatic rings. The number of aliphatic carboxylic acids is 1. The topological polar surface area (TPSA) is 66.4 Å². The maximum atomic E-state index is 15.5. The van der Waals surface area contributed by atoms with E-state index < -0.39 is 34.5 Å². The molecule has 1 aliphatic heterocycles. The predicted octanol–water partition coefficient (Wildman–Crippen LogP) is 6.80. The molecule has 4 nitrogen and oxygen atoms in total. The Bertz CT molecular complexity index is 1170. The van der Waals surface area contributed by atoms with Gasteiger partial charge in [0.2, 0.25) is 5.91 Å². The fraction of sp³-hybridized carbons (Fsp3) is 0.462. The third-order valence-corrected chi connectivity index (χ3v) is 9.05. The zero-order valence-electron chi connectivity index (χ0n) is 18.6. The first-order chi connectivity index (χ1) is 15.5. The van der Waals surface area contributed by atoms with Crippen LogP contribution in [0.2, 0.25) is 10.0 Å². The van der Waals surface area contributed by atoms with Gasteiger partial charge in [0, 0.05) is 16.6 Å². The summed E-state index contributed by atoms with van der Waals surface area (Å²) in [5.41, 5.74) is -0.260. The lowest BCUT2D eigenvalue weighted by Crippen LogP contribution is -2.52. The summed E-state index contributed by atoms with van der Waals surface area (Å²) < 4.78 is 15.5. The molecule has 1 amide bonds. The molecule has 2 aromatic rings. The first kappa shape index (κ1) is 22.7. The van der Waals surface area contributed by atoms with E-state index in [1.165, 1.54) is 6.07 Å². The molecule has 1 heterocycles. The van der Waals surface area contributed by atoms with Gasteiger partial charge in [0.15, 0.2) is 0 Å². The van der Waals surface area contributed by atoms with E-state index in [1.807, 2.05) is 6.07 Å². The molecule has 2 saturated carbocycles. The van der Waals surface area contributed by atoms with Crippen molar-refractivity contribution in [3.8, 4) is 0 Å². The summed E-state index contributed by atoms with van der Waals surface area (Å²) in [5.74, 6) is -3.76. The fourth-order valence-electron chi connectivity index (χ4n) is 6.92. The largest absolute Gasteiger partial charge is 0.481 e. The zero-order valence-corrected chi connectivity index (χ0v) is 20.1. The summed E-state index contributed by atoms with van der Waals surface area (Å²) in [5, 5.41) is 13.7. The first-order valence-electron chi connectivity index (χ1n) is 11.3.